The summed E-state index contributed by atoms with van der Waals surface area (Å²) in [6.07, 6.45) is 0.565. The highest BCUT2D eigenvalue weighted by Crippen LogP contribution is 2.17. The number of ether oxygens (including phenoxy) is 2. The molecular weight excluding hydrogens is 440 g/mol. The number of morpholine rings is 1. The van der Waals surface area contributed by atoms with E-state index in [0.717, 1.165) is 10.2 Å². The number of nitrogens with one attached hydrogen (secondary N) is 2. The number of hydrogen-bond acceptors (Lipinski definition) is 6. The van der Waals surface area contributed by atoms with Crippen molar-refractivity contribution in [2.75, 3.05) is 44.4 Å². The zero-order chi connectivity index (χ0) is 20.6. The van der Waals surface area contributed by atoms with Gasteiger partial charge < -0.3 is 19.7 Å². The average molecular weight is 465 g/mol. The summed E-state index contributed by atoms with van der Waals surface area (Å²) in [5, 5.41) is 2.81. The van der Waals surface area contributed by atoms with Gasteiger partial charge in [0.05, 0.1) is 19.8 Å². The molecule has 3 rings (SSSR count). The Labute approximate surface area is 177 Å². The van der Waals surface area contributed by atoms with Crippen molar-refractivity contribution >= 4 is 27.8 Å². The molecule has 2 aromatic rings. The normalized spacial score (nSPS) is 13.9. The largest absolute Gasteiger partial charge is 0.492 e. The minimum atomic E-state index is -0.190. The van der Waals surface area contributed by atoms with Crippen molar-refractivity contribution in [1.82, 2.24) is 15.3 Å². The number of carbonyl (C=O) groups excluding carboxylic acids is 1. The van der Waals surface area contributed by atoms with E-state index in [-0.39, 0.29) is 17.9 Å². The number of aromatic nitrogens is 2. The summed E-state index contributed by atoms with van der Waals surface area (Å²) in [6, 6.07) is 7.52. The van der Waals surface area contributed by atoms with Gasteiger partial charge in [-0.1, -0.05) is 22.0 Å². The zero-order valence-corrected chi connectivity index (χ0v) is 18.0. The molecule has 1 aliphatic heterocycles. The molecule has 0 unspecified atom stereocenters. The first kappa shape index (κ1) is 21.3. The van der Waals surface area contributed by atoms with Crippen LogP contribution in [0, 0.1) is 6.92 Å². The highest BCUT2D eigenvalue weighted by Gasteiger charge is 2.16. The van der Waals surface area contributed by atoms with E-state index in [9.17, 15) is 9.59 Å². The van der Waals surface area contributed by atoms with Crippen LogP contribution in [0.1, 0.15) is 17.7 Å². The molecule has 1 fully saturated rings. The molecule has 1 amide bonds. The minimum absolute atomic E-state index is 0.126. The van der Waals surface area contributed by atoms with Crippen LogP contribution >= 0.6 is 15.9 Å². The maximum Gasteiger partial charge on any atom is 0.255 e. The second-order valence-corrected chi connectivity index (χ2v) is 7.62. The SMILES string of the molecule is Cc1nc(N2CCOCC2)[nH]c(=O)c1CCC(=O)NCCOc1cccc(Br)c1. The van der Waals surface area contributed by atoms with Gasteiger partial charge in [-0.05, 0) is 31.5 Å². The lowest BCUT2D eigenvalue weighted by Crippen LogP contribution is -2.38. The monoisotopic (exact) mass is 464 g/mol. The second kappa shape index (κ2) is 10.4. The van der Waals surface area contributed by atoms with E-state index in [2.05, 4.69) is 31.2 Å². The van der Waals surface area contributed by atoms with E-state index < -0.39 is 0 Å². The van der Waals surface area contributed by atoms with Gasteiger partial charge in [0.25, 0.3) is 5.56 Å². The van der Waals surface area contributed by atoms with Crippen LogP contribution in [0.15, 0.2) is 33.5 Å². The molecule has 0 aliphatic carbocycles. The molecule has 1 aromatic heterocycles. The van der Waals surface area contributed by atoms with Crippen molar-refractivity contribution in [3.63, 3.8) is 0 Å². The summed E-state index contributed by atoms with van der Waals surface area (Å²) < 4.78 is 11.8. The smallest absolute Gasteiger partial charge is 0.255 e. The van der Waals surface area contributed by atoms with Gasteiger partial charge in [-0.3, -0.25) is 14.6 Å². The standard InChI is InChI=1S/C20H25BrN4O4/c1-14-17(19(27)24-20(23-14)25-8-11-28-12-9-25)5-6-18(26)22-7-10-29-16-4-2-3-15(21)13-16/h2-4,13H,5-12H2,1H3,(H,22,26)(H,23,24,27). The highest BCUT2D eigenvalue weighted by atomic mass is 79.9. The molecule has 9 heteroatoms. The third kappa shape index (κ3) is 6.30. The summed E-state index contributed by atoms with van der Waals surface area (Å²) in [5.41, 5.74) is 1.01. The van der Waals surface area contributed by atoms with Crippen LogP contribution in [0.3, 0.4) is 0 Å². The first-order valence-electron chi connectivity index (χ1n) is 9.60. The van der Waals surface area contributed by atoms with E-state index in [4.69, 9.17) is 9.47 Å². The molecular formula is C20H25BrN4O4. The maximum atomic E-state index is 12.5. The van der Waals surface area contributed by atoms with Crippen molar-refractivity contribution in [1.29, 1.82) is 0 Å². The summed E-state index contributed by atoms with van der Waals surface area (Å²) in [4.78, 5) is 33.9. The molecule has 0 radical (unpaired) electrons. The lowest BCUT2D eigenvalue weighted by molar-refractivity contribution is -0.121. The Morgan fingerprint density at radius 2 is 2.17 bits per heavy atom. The zero-order valence-electron chi connectivity index (χ0n) is 16.4. The van der Waals surface area contributed by atoms with Crippen LogP contribution in [0.2, 0.25) is 0 Å². The number of aryl methyl sites for hydroxylation is 1. The number of amides is 1. The van der Waals surface area contributed by atoms with E-state index in [0.29, 0.717) is 63.1 Å². The Kier molecular flexibility index (Phi) is 7.65. The summed E-state index contributed by atoms with van der Waals surface area (Å²) in [6.45, 7) is 5.22. The first-order valence-corrected chi connectivity index (χ1v) is 10.4. The number of aromatic amines is 1. The highest BCUT2D eigenvalue weighted by molar-refractivity contribution is 9.10. The van der Waals surface area contributed by atoms with Crippen LogP contribution in [0.25, 0.3) is 0 Å². The molecule has 1 aromatic carbocycles. The van der Waals surface area contributed by atoms with E-state index >= 15 is 0 Å². The van der Waals surface area contributed by atoms with Gasteiger partial charge in [0.15, 0.2) is 0 Å². The molecule has 2 heterocycles. The number of anilines is 1. The van der Waals surface area contributed by atoms with Crippen LogP contribution in [-0.4, -0.2) is 55.3 Å². The number of carbonyl (C=O) groups is 1. The fourth-order valence-electron chi connectivity index (χ4n) is 3.06. The molecule has 156 valence electrons. The summed E-state index contributed by atoms with van der Waals surface area (Å²) in [7, 11) is 0. The Bertz CT molecular complexity index is 896. The average Bonchev–Trinajstić information content (AvgIpc) is 2.71. The maximum absolute atomic E-state index is 12.5. The van der Waals surface area contributed by atoms with Crippen molar-refractivity contribution < 1.29 is 14.3 Å². The topological polar surface area (TPSA) is 96.6 Å². The van der Waals surface area contributed by atoms with E-state index in [1.165, 1.54) is 0 Å². The van der Waals surface area contributed by atoms with Gasteiger partial charge >= 0.3 is 0 Å². The molecule has 0 atom stereocenters. The van der Waals surface area contributed by atoms with Gasteiger partial charge in [-0.15, -0.1) is 0 Å². The van der Waals surface area contributed by atoms with E-state index in [1.807, 2.05) is 29.2 Å². The van der Waals surface area contributed by atoms with Gasteiger partial charge in [-0.2, -0.15) is 0 Å². The van der Waals surface area contributed by atoms with Crippen LogP contribution in [-0.2, 0) is 16.0 Å². The van der Waals surface area contributed by atoms with Crippen molar-refractivity contribution in [2.24, 2.45) is 0 Å². The summed E-state index contributed by atoms with van der Waals surface area (Å²) in [5.74, 6) is 1.18. The van der Waals surface area contributed by atoms with E-state index in [1.54, 1.807) is 6.92 Å². The van der Waals surface area contributed by atoms with Crippen molar-refractivity contribution in [3.05, 3.63) is 50.3 Å². The number of benzene rings is 1. The van der Waals surface area contributed by atoms with Crippen LogP contribution in [0.5, 0.6) is 5.75 Å². The molecule has 1 aliphatic rings. The minimum Gasteiger partial charge on any atom is -0.492 e. The Morgan fingerprint density at radius 1 is 1.38 bits per heavy atom. The first-order chi connectivity index (χ1) is 14.0. The second-order valence-electron chi connectivity index (χ2n) is 6.71. The van der Waals surface area contributed by atoms with Gasteiger partial charge in [0, 0.05) is 35.2 Å². The lowest BCUT2D eigenvalue weighted by atomic mass is 10.1. The molecule has 1 saturated heterocycles. The molecule has 29 heavy (non-hydrogen) atoms. The number of rotatable bonds is 8. The lowest BCUT2D eigenvalue weighted by Gasteiger charge is -2.27. The number of halogens is 1. The third-order valence-corrected chi connectivity index (χ3v) is 5.10. The molecule has 0 spiro atoms. The molecule has 8 nitrogen and oxygen atoms in total. The number of nitrogens with zero attached hydrogens (tertiary/aromatic N) is 2. The Hall–Kier alpha value is -2.39. The quantitative estimate of drug-likeness (QED) is 0.578. The Balaban J connectivity index is 1.45. The number of H-pyrrole nitrogens is 1. The predicted octanol–water partition coefficient (Wildman–Crippen LogP) is 1.81. The van der Waals surface area contributed by atoms with Gasteiger partial charge in [-0.25, -0.2) is 4.98 Å². The van der Waals surface area contributed by atoms with Crippen molar-refractivity contribution in [2.45, 2.75) is 19.8 Å². The molecule has 2 N–H and O–H groups in total. The predicted molar refractivity (Wildman–Crippen MR) is 114 cm³/mol. The third-order valence-electron chi connectivity index (χ3n) is 4.61. The van der Waals surface area contributed by atoms with Crippen LogP contribution in [0.4, 0.5) is 5.95 Å². The fourth-order valence-corrected chi connectivity index (χ4v) is 3.44. The van der Waals surface area contributed by atoms with Gasteiger partial charge in [0.2, 0.25) is 11.9 Å². The summed E-state index contributed by atoms with van der Waals surface area (Å²) >= 11 is 3.38. The van der Waals surface area contributed by atoms with Crippen LogP contribution < -0.4 is 20.5 Å². The van der Waals surface area contributed by atoms with Gasteiger partial charge in [0.1, 0.15) is 12.4 Å². The molecule has 0 bridgehead atoms. The molecule has 0 saturated carbocycles. The Morgan fingerprint density at radius 3 is 2.90 bits per heavy atom. The van der Waals surface area contributed by atoms with Crippen molar-refractivity contribution in [3.8, 4) is 5.75 Å². The fraction of sp³-hybridized carbons (Fsp3) is 0.450. The number of hydrogen-bond donors (Lipinski definition) is 2.